The number of halogens is 3. The second-order valence-corrected chi connectivity index (χ2v) is 14.0. The summed E-state index contributed by atoms with van der Waals surface area (Å²) in [5.41, 5.74) is 0. The highest BCUT2D eigenvalue weighted by Gasteiger charge is 2.28. The van der Waals surface area contributed by atoms with Crippen LogP contribution in [0.3, 0.4) is 0 Å². The van der Waals surface area contributed by atoms with E-state index in [-0.39, 0.29) is 48.1 Å². The molecule has 0 aromatic heterocycles. The van der Waals surface area contributed by atoms with Crippen LogP contribution in [0.15, 0.2) is 41.3 Å². The molecule has 2 aliphatic heterocycles. The molecule has 0 spiro atoms. The van der Waals surface area contributed by atoms with E-state index in [1.165, 1.54) is 12.1 Å². The van der Waals surface area contributed by atoms with E-state index in [0.717, 1.165) is 77.5 Å². The van der Waals surface area contributed by atoms with Gasteiger partial charge in [0, 0.05) is 28.3 Å². The van der Waals surface area contributed by atoms with Crippen LogP contribution < -0.4 is 26.0 Å². The second kappa shape index (κ2) is 19.6. The van der Waals surface area contributed by atoms with Crippen LogP contribution in [-0.2, 0) is 24.4 Å². The Labute approximate surface area is 288 Å². The molecule has 15 heteroatoms. The number of aliphatic carboxylic acids is 1. The lowest BCUT2D eigenvalue weighted by Crippen LogP contribution is -2.50. The zero-order valence-corrected chi connectivity index (χ0v) is 29.0. The fraction of sp³-hybridized carbons (Fsp3) is 0.581. The molecule has 0 saturated carbocycles. The summed E-state index contributed by atoms with van der Waals surface area (Å²) in [4.78, 5) is 37.6. The molecule has 2 aromatic carbocycles. The van der Waals surface area contributed by atoms with Crippen LogP contribution in [-0.4, -0.2) is 76.6 Å². The number of fused-ring (bicyclic) bond motifs is 1. The summed E-state index contributed by atoms with van der Waals surface area (Å²) in [6, 6.07) is 7.76. The third-order valence-electron chi connectivity index (χ3n) is 8.78. The quantitative estimate of drug-likeness (QED) is 0.163. The van der Waals surface area contributed by atoms with Gasteiger partial charge in [0.05, 0.1) is 11.4 Å². The molecule has 2 aromatic rings. The molecular weight excluding hydrogens is 677 g/mol. The molecule has 0 radical (unpaired) electrons. The molecule has 0 aliphatic carbocycles. The normalized spacial score (nSPS) is 16.7. The fourth-order valence-electron chi connectivity index (χ4n) is 6.11. The number of sulfonamides is 1. The number of amides is 2. The molecule has 1 unspecified atom stereocenters. The smallest absolute Gasteiger partial charge is 0.323 e. The molecule has 2 amide bonds. The first-order valence-electron chi connectivity index (χ1n) is 15.5. The van der Waals surface area contributed by atoms with Crippen molar-refractivity contribution in [2.45, 2.75) is 62.3 Å². The summed E-state index contributed by atoms with van der Waals surface area (Å²) in [6.07, 6.45) is 7.91. The van der Waals surface area contributed by atoms with E-state index in [1.54, 1.807) is 24.3 Å². The standard InChI is InChI=1S/C31H44ClN5O6S.2ClH/c32-26-9-10-28(25-4-2-1-3-24(25)26)44(42,43)37-27(31(40)41)19-35-29(38)20-36-30(39)23(7-5-21-11-15-33-16-12-21)8-6-22-13-17-34-18-14-22;;/h1-4,9-10,21-23,27,33-34,37H,5-8,11-20H2,(H,35,38)(H,36,39)(H,40,41);2*1H. The number of carbonyl (C=O) groups excluding carboxylic acids is 2. The van der Waals surface area contributed by atoms with Crippen molar-refractivity contribution in [1.82, 2.24) is 26.0 Å². The average molecular weight is 723 g/mol. The SMILES string of the molecule is Cl.Cl.O=C(CNC(=O)C(CCC1CCNCC1)CCC1CCNCC1)NCC(NS(=O)(=O)c1ccc(Cl)c2ccccc12)C(=O)O. The molecule has 4 rings (SSSR count). The van der Waals surface area contributed by atoms with Gasteiger partial charge in [-0.25, -0.2) is 8.42 Å². The van der Waals surface area contributed by atoms with E-state index in [9.17, 15) is 27.9 Å². The van der Waals surface area contributed by atoms with Crippen molar-refractivity contribution in [3.05, 3.63) is 41.4 Å². The molecule has 1 atom stereocenters. The van der Waals surface area contributed by atoms with E-state index in [4.69, 9.17) is 11.6 Å². The van der Waals surface area contributed by atoms with Crippen LogP contribution in [0.1, 0.15) is 51.4 Å². The van der Waals surface area contributed by atoms with Crippen LogP contribution in [0.2, 0.25) is 5.02 Å². The highest BCUT2D eigenvalue weighted by atomic mass is 35.5. The summed E-state index contributed by atoms with van der Waals surface area (Å²) >= 11 is 6.21. The fourth-order valence-corrected chi connectivity index (χ4v) is 7.74. The summed E-state index contributed by atoms with van der Waals surface area (Å²) in [5, 5.41) is 22.9. The van der Waals surface area contributed by atoms with Gasteiger partial charge < -0.3 is 26.4 Å². The number of benzene rings is 2. The van der Waals surface area contributed by atoms with E-state index in [0.29, 0.717) is 27.6 Å². The molecular formula is C31H46Cl3N5O6S. The van der Waals surface area contributed by atoms with Gasteiger partial charge in [0.25, 0.3) is 0 Å². The Kier molecular flexibility index (Phi) is 17.0. The molecule has 46 heavy (non-hydrogen) atoms. The largest absolute Gasteiger partial charge is 0.480 e. The Hall–Kier alpha value is -2.19. The second-order valence-electron chi connectivity index (χ2n) is 11.9. The number of carboxylic acids is 1. The molecule has 0 bridgehead atoms. The Balaban J connectivity index is 0.00000368. The van der Waals surface area contributed by atoms with Gasteiger partial charge in [-0.1, -0.05) is 35.9 Å². The van der Waals surface area contributed by atoms with Gasteiger partial charge >= 0.3 is 5.97 Å². The van der Waals surface area contributed by atoms with Crippen molar-refractivity contribution in [2.24, 2.45) is 17.8 Å². The van der Waals surface area contributed by atoms with Crippen LogP contribution in [0.25, 0.3) is 10.8 Å². The molecule has 2 saturated heterocycles. The van der Waals surface area contributed by atoms with E-state index in [2.05, 4.69) is 26.0 Å². The minimum absolute atomic E-state index is 0. The van der Waals surface area contributed by atoms with Gasteiger partial charge in [0.15, 0.2) is 0 Å². The van der Waals surface area contributed by atoms with Crippen molar-refractivity contribution in [2.75, 3.05) is 39.3 Å². The van der Waals surface area contributed by atoms with E-state index >= 15 is 0 Å². The van der Waals surface area contributed by atoms with Crippen molar-refractivity contribution in [3.63, 3.8) is 0 Å². The number of carboxylic acid groups (broad SMARTS) is 1. The Bertz CT molecular complexity index is 1380. The van der Waals surface area contributed by atoms with E-state index < -0.39 is 34.5 Å². The monoisotopic (exact) mass is 721 g/mol. The average Bonchev–Trinajstić information content (AvgIpc) is 3.03. The maximum atomic E-state index is 13.2. The zero-order valence-electron chi connectivity index (χ0n) is 25.8. The predicted octanol–water partition coefficient (Wildman–Crippen LogP) is 3.48. The predicted molar refractivity (Wildman–Crippen MR) is 184 cm³/mol. The number of carbonyl (C=O) groups is 3. The van der Waals surface area contributed by atoms with Gasteiger partial charge in [-0.05, 0) is 102 Å². The van der Waals surface area contributed by atoms with Crippen LogP contribution in [0.4, 0.5) is 0 Å². The first-order valence-corrected chi connectivity index (χ1v) is 17.4. The summed E-state index contributed by atoms with van der Waals surface area (Å²) in [7, 11) is -4.28. The highest BCUT2D eigenvalue weighted by molar-refractivity contribution is 7.89. The van der Waals surface area contributed by atoms with Crippen LogP contribution in [0.5, 0.6) is 0 Å². The van der Waals surface area contributed by atoms with Gasteiger partial charge in [-0.2, -0.15) is 4.72 Å². The minimum Gasteiger partial charge on any atom is -0.480 e. The van der Waals surface area contributed by atoms with Gasteiger partial charge in [-0.15, -0.1) is 24.8 Å². The third kappa shape index (κ3) is 11.8. The minimum atomic E-state index is -4.28. The van der Waals surface area contributed by atoms with Crippen LogP contribution in [0, 0.1) is 17.8 Å². The molecule has 2 fully saturated rings. The van der Waals surface area contributed by atoms with Crippen molar-refractivity contribution >= 4 is 75.0 Å². The van der Waals surface area contributed by atoms with Crippen molar-refractivity contribution in [3.8, 4) is 0 Å². The number of rotatable bonds is 15. The molecule has 6 N–H and O–H groups in total. The lowest BCUT2D eigenvalue weighted by Gasteiger charge is -2.27. The van der Waals surface area contributed by atoms with Gasteiger partial charge in [0.2, 0.25) is 21.8 Å². The van der Waals surface area contributed by atoms with Gasteiger partial charge in [-0.3, -0.25) is 14.4 Å². The zero-order chi connectivity index (χ0) is 31.5. The Morgan fingerprint density at radius 1 is 0.848 bits per heavy atom. The summed E-state index contributed by atoms with van der Waals surface area (Å²) in [6.45, 7) is 3.18. The number of hydrogen-bond acceptors (Lipinski definition) is 7. The van der Waals surface area contributed by atoms with Crippen LogP contribution >= 0.6 is 36.4 Å². The van der Waals surface area contributed by atoms with Crippen molar-refractivity contribution < 1.29 is 27.9 Å². The number of nitrogens with one attached hydrogen (secondary N) is 5. The summed E-state index contributed by atoms with van der Waals surface area (Å²) in [5.74, 6) is -1.23. The highest BCUT2D eigenvalue weighted by Crippen LogP contribution is 2.29. The molecule has 258 valence electrons. The molecule has 2 heterocycles. The lowest BCUT2D eigenvalue weighted by atomic mass is 9.84. The Morgan fingerprint density at radius 2 is 1.39 bits per heavy atom. The number of piperidine rings is 2. The topological polar surface area (TPSA) is 166 Å². The lowest BCUT2D eigenvalue weighted by molar-refractivity contribution is -0.139. The summed E-state index contributed by atoms with van der Waals surface area (Å²) < 4.78 is 28.5. The Morgan fingerprint density at radius 3 is 1.93 bits per heavy atom. The number of hydrogen-bond donors (Lipinski definition) is 6. The molecule has 11 nitrogen and oxygen atoms in total. The van der Waals surface area contributed by atoms with Gasteiger partial charge in [0.1, 0.15) is 6.04 Å². The van der Waals surface area contributed by atoms with E-state index in [1.807, 2.05) is 0 Å². The maximum Gasteiger partial charge on any atom is 0.323 e. The first kappa shape index (κ1) is 40.0. The molecule has 2 aliphatic rings. The first-order chi connectivity index (χ1) is 21.1. The maximum absolute atomic E-state index is 13.2. The van der Waals surface area contributed by atoms with Crippen molar-refractivity contribution in [1.29, 1.82) is 0 Å². The third-order valence-corrected chi connectivity index (χ3v) is 10.6.